The van der Waals surface area contributed by atoms with E-state index in [1.807, 2.05) is 35.2 Å². The monoisotopic (exact) mass is 292 g/mol. The highest BCUT2D eigenvalue weighted by molar-refractivity contribution is 5.70. The number of hydrogen-bond donors (Lipinski definition) is 1. The quantitative estimate of drug-likeness (QED) is 0.661. The summed E-state index contributed by atoms with van der Waals surface area (Å²) in [7, 11) is 0. The largest absolute Gasteiger partial charge is 0.481 e. The number of piperidine rings is 1. The number of aliphatic carboxylic acids is 1. The molecule has 21 heavy (non-hydrogen) atoms. The van der Waals surface area contributed by atoms with Crippen LogP contribution >= 0.6 is 0 Å². The highest BCUT2D eigenvalue weighted by Crippen LogP contribution is 2.28. The molecule has 0 spiro atoms. The number of likely N-dealkylation sites (tertiary alicyclic amines) is 1. The summed E-state index contributed by atoms with van der Waals surface area (Å²) in [6.07, 6.45) is 0.548. The molecular formula is C15H20N2O4. The Hall–Kier alpha value is -1.95. The van der Waals surface area contributed by atoms with Gasteiger partial charge in [0.25, 0.3) is 0 Å². The van der Waals surface area contributed by atoms with Crippen LogP contribution in [0.25, 0.3) is 0 Å². The maximum absolute atomic E-state index is 11.3. The smallest absolute Gasteiger partial charge is 0.306 e. The summed E-state index contributed by atoms with van der Waals surface area (Å²) in [5.74, 6) is -2.04. The fourth-order valence-corrected chi connectivity index (χ4v) is 2.99. The molecule has 114 valence electrons. The predicted molar refractivity (Wildman–Crippen MR) is 77.4 cm³/mol. The molecule has 6 nitrogen and oxygen atoms in total. The standard InChI is InChI=1S/C15H20N2O4/c1-11(15(18)19)13-7-8-16(10-14(13)17(20)21)9-12-5-3-2-4-6-12/h2-6,11,13-14H,7-10H2,1H3,(H,18,19). The predicted octanol–water partition coefficient (Wildman–Crippen LogP) is 1.87. The number of benzene rings is 1. The van der Waals surface area contributed by atoms with Gasteiger partial charge in [-0.25, -0.2) is 0 Å². The Morgan fingerprint density at radius 2 is 2.14 bits per heavy atom. The van der Waals surface area contributed by atoms with Crippen LogP contribution in [0.1, 0.15) is 18.9 Å². The minimum atomic E-state index is -0.955. The van der Waals surface area contributed by atoms with Crippen LogP contribution in [0, 0.1) is 22.0 Å². The number of nitrogens with zero attached hydrogens (tertiary/aromatic N) is 2. The van der Waals surface area contributed by atoms with Gasteiger partial charge < -0.3 is 5.11 Å². The molecule has 2 rings (SSSR count). The molecule has 6 heteroatoms. The van der Waals surface area contributed by atoms with E-state index in [0.29, 0.717) is 26.1 Å². The van der Waals surface area contributed by atoms with Gasteiger partial charge in [-0.2, -0.15) is 0 Å². The Labute approximate surface area is 123 Å². The summed E-state index contributed by atoms with van der Waals surface area (Å²) in [5, 5.41) is 20.4. The van der Waals surface area contributed by atoms with Crippen LogP contribution < -0.4 is 0 Å². The van der Waals surface area contributed by atoms with Crippen molar-refractivity contribution in [2.24, 2.45) is 11.8 Å². The van der Waals surface area contributed by atoms with Gasteiger partial charge in [-0.05, 0) is 18.5 Å². The number of hydrogen-bond acceptors (Lipinski definition) is 4. The molecule has 1 N–H and O–H groups in total. The van der Waals surface area contributed by atoms with Gasteiger partial charge in [0.15, 0.2) is 0 Å². The molecule has 0 radical (unpaired) electrons. The molecule has 1 aromatic carbocycles. The number of carboxylic acid groups (broad SMARTS) is 1. The van der Waals surface area contributed by atoms with E-state index in [-0.39, 0.29) is 4.92 Å². The van der Waals surface area contributed by atoms with E-state index in [2.05, 4.69) is 0 Å². The normalized spacial score (nSPS) is 24.4. The maximum Gasteiger partial charge on any atom is 0.306 e. The van der Waals surface area contributed by atoms with Crippen LogP contribution in [0.4, 0.5) is 0 Å². The SMILES string of the molecule is CC(C(=O)O)C1CCN(Cc2ccccc2)CC1[N+](=O)[O-]. The fourth-order valence-electron chi connectivity index (χ4n) is 2.99. The molecule has 1 saturated heterocycles. The van der Waals surface area contributed by atoms with Gasteiger partial charge in [0, 0.05) is 17.4 Å². The lowest BCUT2D eigenvalue weighted by atomic mass is 9.82. The molecule has 1 aliphatic rings. The van der Waals surface area contributed by atoms with Gasteiger partial charge in [-0.3, -0.25) is 19.8 Å². The molecule has 0 aliphatic carbocycles. The molecule has 1 fully saturated rings. The van der Waals surface area contributed by atoms with E-state index < -0.39 is 23.8 Å². The average molecular weight is 292 g/mol. The summed E-state index contributed by atoms with van der Waals surface area (Å²) < 4.78 is 0. The number of rotatable bonds is 5. The molecule has 3 atom stereocenters. The highest BCUT2D eigenvalue weighted by Gasteiger charge is 2.42. The third kappa shape index (κ3) is 3.78. The van der Waals surface area contributed by atoms with Crippen LogP contribution in [0.5, 0.6) is 0 Å². The molecule has 1 aliphatic heterocycles. The van der Waals surface area contributed by atoms with Gasteiger partial charge in [0.2, 0.25) is 6.04 Å². The molecule has 1 heterocycles. The van der Waals surface area contributed by atoms with Gasteiger partial charge >= 0.3 is 5.97 Å². The van der Waals surface area contributed by atoms with Crippen LogP contribution in [-0.2, 0) is 11.3 Å². The Balaban J connectivity index is 2.05. The molecular weight excluding hydrogens is 272 g/mol. The minimum absolute atomic E-state index is 0.310. The third-order valence-corrected chi connectivity index (χ3v) is 4.27. The number of carbonyl (C=O) groups is 1. The topological polar surface area (TPSA) is 83.7 Å². The van der Waals surface area contributed by atoms with Gasteiger partial charge in [-0.15, -0.1) is 0 Å². The van der Waals surface area contributed by atoms with Gasteiger partial charge in [-0.1, -0.05) is 37.3 Å². The first kappa shape index (κ1) is 15.4. The van der Waals surface area contributed by atoms with Crippen LogP contribution in [0.2, 0.25) is 0 Å². The van der Waals surface area contributed by atoms with E-state index in [1.165, 1.54) is 0 Å². The summed E-state index contributed by atoms with van der Waals surface area (Å²) in [6, 6.07) is 9.00. The fraction of sp³-hybridized carbons (Fsp3) is 0.533. The lowest BCUT2D eigenvalue weighted by Gasteiger charge is -2.35. The van der Waals surface area contributed by atoms with Crippen LogP contribution in [-0.4, -0.2) is 40.0 Å². The van der Waals surface area contributed by atoms with Crippen molar-refractivity contribution in [3.63, 3.8) is 0 Å². The van der Waals surface area contributed by atoms with E-state index >= 15 is 0 Å². The Morgan fingerprint density at radius 3 is 2.71 bits per heavy atom. The van der Waals surface area contributed by atoms with Crippen LogP contribution in [0.15, 0.2) is 30.3 Å². The van der Waals surface area contributed by atoms with Crippen molar-refractivity contribution in [1.29, 1.82) is 0 Å². The second-order valence-electron chi connectivity index (χ2n) is 5.65. The first-order chi connectivity index (χ1) is 9.99. The van der Waals surface area contributed by atoms with E-state index in [9.17, 15) is 14.9 Å². The van der Waals surface area contributed by atoms with E-state index in [0.717, 1.165) is 5.56 Å². The van der Waals surface area contributed by atoms with E-state index in [1.54, 1.807) is 6.92 Å². The zero-order valence-corrected chi connectivity index (χ0v) is 12.0. The summed E-state index contributed by atoms with van der Waals surface area (Å²) in [4.78, 5) is 24.1. The third-order valence-electron chi connectivity index (χ3n) is 4.27. The summed E-state index contributed by atoms with van der Waals surface area (Å²) >= 11 is 0. The summed E-state index contributed by atoms with van der Waals surface area (Å²) in [5.41, 5.74) is 1.12. The lowest BCUT2D eigenvalue weighted by Crippen LogP contribution is -2.50. The molecule has 1 aromatic rings. The minimum Gasteiger partial charge on any atom is -0.481 e. The van der Waals surface area contributed by atoms with Crippen molar-refractivity contribution in [2.75, 3.05) is 13.1 Å². The Bertz CT molecular complexity index is 506. The second kappa shape index (κ2) is 6.67. The molecule has 0 amide bonds. The molecule has 0 bridgehead atoms. The highest BCUT2D eigenvalue weighted by atomic mass is 16.6. The summed E-state index contributed by atoms with van der Waals surface area (Å²) in [6.45, 7) is 3.24. The first-order valence-electron chi connectivity index (χ1n) is 7.11. The number of carboxylic acids is 1. The average Bonchev–Trinajstić information content (AvgIpc) is 2.47. The van der Waals surface area contributed by atoms with Crippen LogP contribution in [0.3, 0.4) is 0 Å². The maximum atomic E-state index is 11.3. The lowest BCUT2D eigenvalue weighted by molar-refractivity contribution is -0.537. The zero-order chi connectivity index (χ0) is 15.4. The molecule has 0 saturated carbocycles. The zero-order valence-electron chi connectivity index (χ0n) is 12.0. The molecule has 0 aromatic heterocycles. The first-order valence-corrected chi connectivity index (χ1v) is 7.11. The van der Waals surface area contributed by atoms with Crippen molar-refractivity contribution < 1.29 is 14.8 Å². The van der Waals surface area contributed by atoms with Crippen molar-refractivity contribution in [1.82, 2.24) is 4.90 Å². The Morgan fingerprint density at radius 1 is 1.48 bits per heavy atom. The van der Waals surface area contributed by atoms with Gasteiger partial charge in [0.1, 0.15) is 0 Å². The van der Waals surface area contributed by atoms with E-state index in [4.69, 9.17) is 5.11 Å². The van der Waals surface area contributed by atoms with Crippen molar-refractivity contribution in [3.05, 3.63) is 46.0 Å². The van der Waals surface area contributed by atoms with Crippen molar-refractivity contribution >= 4 is 5.97 Å². The van der Waals surface area contributed by atoms with Crippen molar-refractivity contribution in [2.45, 2.75) is 25.9 Å². The number of nitro groups is 1. The van der Waals surface area contributed by atoms with Crippen molar-refractivity contribution in [3.8, 4) is 0 Å². The Kier molecular flexibility index (Phi) is 4.90. The van der Waals surface area contributed by atoms with Gasteiger partial charge in [0.05, 0.1) is 12.5 Å². The second-order valence-corrected chi connectivity index (χ2v) is 5.65. The molecule has 3 unspecified atom stereocenters.